The van der Waals surface area contributed by atoms with Crippen molar-refractivity contribution in [1.29, 1.82) is 0 Å². The number of piperidine rings is 1. The molecule has 0 amide bonds. The second-order valence-electron chi connectivity index (χ2n) is 8.26. The lowest BCUT2D eigenvalue weighted by Gasteiger charge is -2.59. The molecule has 0 radical (unpaired) electrons. The van der Waals surface area contributed by atoms with Crippen molar-refractivity contribution in [2.24, 2.45) is 11.8 Å². The Hall–Kier alpha value is -1.02. The van der Waals surface area contributed by atoms with Crippen LogP contribution < -0.4 is 0 Å². The van der Waals surface area contributed by atoms with Gasteiger partial charge in [0.1, 0.15) is 5.75 Å². The zero-order valence-corrected chi connectivity index (χ0v) is 14.0. The SMILES string of the molecule is CC(C)CN1CC[C@]23CCCC[C@H]2[C@H]1Cc1ccc(O)cc13. The Morgan fingerprint density at radius 1 is 1.27 bits per heavy atom. The number of phenols is 1. The molecule has 0 unspecified atom stereocenters. The summed E-state index contributed by atoms with van der Waals surface area (Å²) in [5.74, 6) is 2.01. The summed E-state index contributed by atoms with van der Waals surface area (Å²) in [5, 5.41) is 10.0. The van der Waals surface area contributed by atoms with Crippen molar-refractivity contribution >= 4 is 0 Å². The standard InChI is InChI=1S/C20H29NO/c1-14(2)13-21-10-9-20-8-4-3-5-17(20)19(21)11-15-6-7-16(22)12-18(15)20/h6-7,12,14,17,19,22H,3-5,8-11,13H2,1-2H3/t17-,19+,20+/m0/s1. The molecule has 2 aliphatic carbocycles. The van der Waals surface area contributed by atoms with Crippen LogP contribution in [0.5, 0.6) is 5.75 Å². The Morgan fingerprint density at radius 3 is 2.95 bits per heavy atom. The summed E-state index contributed by atoms with van der Waals surface area (Å²) in [6.45, 7) is 7.17. The summed E-state index contributed by atoms with van der Waals surface area (Å²) in [5.41, 5.74) is 3.37. The van der Waals surface area contributed by atoms with Gasteiger partial charge in [-0.05, 0) is 67.3 Å². The summed E-state index contributed by atoms with van der Waals surface area (Å²) in [4.78, 5) is 2.79. The third kappa shape index (κ3) is 2.11. The molecule has 1 saturated carbocycles. The fraction of sp³-hybridized carbons (Fsp3) is 0.700. The van der Waals surface area contributed by atoms with E-state index < -0.39 is 0 Å². The van der Waals surface area contributed by atoms with Crippen molar-refractivity contribution in [2.45, 2.75) is 63.8 Å². The van der Waals surface area contributed by atoms with Gasteiger partial charge in [0, 0.05) is 18.0 Å². The van der Waals surface area contributed by atoms with Crippen LogP contribution >= 0.6 is 0 Å². The van der Waals surface area contributed by atoms with Gasteiger partial charge in [0.25, 0.3) is 0 Å². The van der Waals surface area contributed by atoms with Crippen LogP contribution in [0.3, 0.4) is 0 Å². The average molecular weight is 299 g/mol. The molecule has 2 nitrogen and oxygen atoms in total. The lowest BCUT2D eigenvalue weighted by molar-refractivity contribution is -0.0164. The topological polar surface area (TPSA) is 23.5 Å². The van der Waals surface area contributed by atoms with E-state index in [-0.39, 0.29) is 0 Å². The quantitative estimate of drug-likeness (QED) is 0.888. The van der Waals surface area contributed by atoms with Crippen LogP contribution in [0.1, 0.15) is 57.1 Å². The molecule has 1 N–H and O–H groups in total. The highest BCUT2D eigenvalue weighted by Gasteiger charge is 2.53. The lowest BCUT2D eigenvalue weighted by Crippen LogP contribution is -2.61. The number of benzene rings is 1. The van der Waals surface area contributed by atoms with E-state index in [2.05, 4.69) is 30.9 Å². The van der Waals surface area contributed by atoms with E-state index in [9.17, 15) is 5.11 Å². The fourth-order valence-electron chi connectivity index (χ4n) is 5.77. The molecule has 1 aromatic rings. The first kappa shape index (κ1) is 14.6. The Labute approximate surface area is 134 Å². The smallest absolute Gasteiger partial charge is 0.115 e. The van der Waals surface area contributed by atoms with Crippen LogP contribution in [0.15, 0.2) is 18.2 Å². The van der Waals surface area contributed by atoms with Gasteiger partial charge in [0.2, 0.25) is 0 Å². The van der Waals surface area contributed by atoms with Gasteiger partial charge in [0.15, 0.2) is 0 Å². The Kier molecular flexibility index (Phi) is 3.48. The first-order valence-corrected chi connectivity index (χ1v) is 9.16. The number of rotatable bonds is 2. The molecule has 4 rings (SSSR count). The molecule has 1 heterocycles. The van der Waals surface area contributed by atoms with Crippen LogP contribution in [-0.2, 0) is 11.8 Å². The van der Waals surface area contributed by atoms with E-state index >= 15 is 0 Å². The predicted octanol–water partition coefficient (Wildman–Crippen LogP) is 4.11. The molecule has 2 fully saturated rings. The van der Waals surface area contributed by atoms with E-state index in [1.165, 1.54) is 62.7 Å². The van der Waals surface area contributed by atoms with Crippen molar-refractivity contribution in [2.75, 3.05) is 13.1 Å². The maximum Gasteiger partial charge on any atom is 0.115 e. The van der Waals surface area contributed by atoms with Crippen molar-refractivity contribution in [3.63, 3.8) is 0 Å². The van der Waals surface area contributed by atoms with Gasteiger partial charge < -0.3 is 5.11 Å². The number of hydrogen-bond acceptors (Lipinski definition) is 2. The van der Waals surface area contributed by atoms with Gasteiger partial charge in [-0.25, -0.2) is 0 Å². The number of fused-ring (bicyclic) bond motifs is 1. The molecule has 0 spiro atoms. The first-order chi connectivity index (χ1) is 10.6. The van der Waals surface area contributed by atoms with E-state index in [1.54, 1.807) is 0 Å². The number of nitrogens with zero attached hydrogens (tertiary/aromatic N) is 1. The summed E-state index contributed by atoms with van der Waals surface area (Å²) < 4.78 is 0. The molecular formula is C20H29NO. The second-order valence-corrected chi connectivity index (χ2v) is 8.26. The number of likely N-dealkylation sites (tertiary alicyclic amines) is 1. The molecular weight excluding hydrogens is 270 g/mol. The Bertz CT molecular complexity index is 567. The Balaban J connectivity index is 1.78. The monoisotopic (exact) mass is 299 g/mol. The van der Waals surface area contributed by atoms with Gasteiger partial charge in [0.05, 0.1) is 0 Å². The maximum absolute atomic E-state index is 10.0. The molecule has 22 heavy (non-hydrogen) atoms. The molecule has 3 atom stereocenters. The van der Waals surface area contributed by atoms with Crippen LogP contribution in [0.4, 0.5) is 0 Å². The van der Waals surface area contributed by atoms with Gasteiger partial charge in [-0.2, -0.15) is 0 Å². The molecule has 0 aromatic heterocycles. The highest BCUT2D eigenvalue weighted by Crippen LogP contribution is 2.56. The molecule has 3 aliphatic rings. The van der Waals surface area contributed by atoms with Crippen molar-refractivity contribution < 1.29 is 5.11 Å². The second kappa shape index (κ2) is 5.26. The molecule has 1 saturated heterocycles. The maximum atomic E-state index is 10.0. The van der Waals surface area contributed by atoms with Crippen LogP contribution in [-0.4, -0.2) is 29.1 Å². The van der Waals surface area contributed by atoms with E-state index in [0.29, 0.717) is 11.2 Å². The van der Waals surface area contributed by atoms with Crippen LogP contribution in [0.2, 0.25) is 0 Å². The van der Waals surface area contributed by atoms with Gasteiger partial charge in [-0.1, -0.05) is 32.8 Å². The van der Waals surface area contributed by atoms with Crippen molar-refractivity contribution in [3.8, 4) is 5.75 Å². The third-order valence-electron chi connectivity index (χ3n) is 6.53. The number of phenolic OH excluding ortho intramolecular Hbond substituents is 1. The van der Waals surface area contributed by atoms with Crippen LogP contribution in [0, 0.1) is 11.8 Å². The van der Waals surface area contributed by atoms with Crippen LogP contribution in [0.25, 0.3) is 0 Å². The minimum atomic E-state index is 0.364. The summed E-state index contributed by atoms with van der Waals surface area (Å²) >= 11 is 0. The van der Waals surface area contributed by atoms with E-state index in [0.717, 1.165) is 17.9 Å². The fourth-order valence-corrected chi connectivity index (χ4v) is 5.77. The van der Waals surface area contributed by atoms with E-state index in [1.807, 2.05) is 6.07 Å². The molecule has 2 heteroatoms. The number of hydrogen-bond donors (Lipinski definition) is 1. The molecule has 2 bridgehead atoms. The average Bonchev–Trinajstić information content (AvgIpc) is 2.50. The lowest BCUT2D eigenvalue weighted by atomic mass is 9.52. The largest absolute Gasteiger partial charge is 0.508 e. The summed E-state index contributed by atoms with van der Waals surface area (Å²) in [7, 11) is 0. The normalized spacial score (nSPS) is 34.3. The van der Waals surface area contributed by atoms with E-state index in [4.69, 9.17) is 0 Å². The highest BCUT2D eigenvalue weighted by atomic mass is 16.3. The minimum Gasteiger partial charge on any atom is -0.508 e. The molecule has 1 aromatic carbocycles. The molecule has 1 aliphatic heterocycles. The molecule has 120 valence electrons. The summed E-state index contributed by atoms with van der Waals surface area (Å²) in [6.07, 6.45) is 7.95. The third-order valence-corrected chi connectivity index (χ3v) is 6.53. The van der Waals surface area contributed by atoms with Gasteiger partial charge >= 0.3 is 0 Å². The zero-order chi connectivity index (χ0) is 15.3. The minimum absolute atomic E-state index is 0.364. The Morgan fingerprint density at radius 2 is 2.14 bits per heavy atom. The zero-order valence-electron chi connectivity index (χ0n) is 14.0. The summed E-state index contributed by atoms with van der Waals surface area (Å²) in [6, 6.07) is 6.92. The van der Waals surface area contributed by atoms with Crippen molar-refractivity contribution in [3.05, 3.63) is 29.3 Å². The number of aromatic hydroxyl groups is 1. The van der Waals surface area contributed by atoms with Gasteiger partial charge in [-0.3, -0.25) is 4.90 Å². The first-order valence-electron chi connectivity index (χ1n) is 9.16. The predicted molar refractivity (Wildman–Crippen MR) is 90.3 cm³/mol. The van der Waals surface area contributed by atoms with Gasteiger partial charge in [-0.15, -0.1) is 0 Å². The highest BCUT2D eigenvalue weighted by molar-refractivity contribution is 5.45. The van der Waals surface area contributed by atoms with Crippen molar-refractivity contribution in [1.82, 2.24) is 4.90 Å².